The predicted molar refractivity (Wildman–Crippen MR) is 91.3 cm³/mol. The van der Waals surface area contributed by atoms with Gasteiger partial charge in [0.2, 0.25) is 0 Å². The molecule has 7 heteroatoms. The van der Waals surface area contributed by atoms with Gasteiger partial charge in [-0.05, 0) is 44.2 Å². The molecule has 2 aliphatic heterocycles. The molecule has 2 bridgehead atoms. The lowest BCUT2D eigenvalue weighted by molar-refractivity contribution is 0.0676. The van der Waals surface area contributed by atoms with Crippen LogP contribution in [0.5, 0.6) is 0 Å². The van der Waals surface area contributed by atoms with E-state index in [0.29, 0.717) is 18.4 Å². The number of rotatable bonds is 3. The molecule has 2 fully saturated rings. The van der Waals surface area contributed by atoms with Crippen molar-refractivity contribution in [2.75, 3.05) is 13.1 Å². The second kappa shape index (κ2) is 7.45. The third-order valence-corrected chi connectivity index (χ3v) is 4.96. The monoisotopic (exact) mass is 340 g/mol. The highest BCUT2D eigenvalue weighted by atomic mass is 35.5. The van der Waals surface area contributed by atoms with E-state index in [0.717, 1.165) is 43.6 Å². The van der Waals surface area contributed by atoms with Crippen LogP contribution in [0.1, 0.15) is 54.7 Å². The molecule has 2 unspecified atom stereocenters. The molecule has 2 aliphatic rings. The van der Waals surface area contributed by atoms with Crippen LogP contribution < -0.4 is 10.9 Å². The zero-order valence-electron chi connectivity index (χ0n) is 13.7. The highest BCUT2D eigenvalue weighted by Crippen LogP contribution is 2.29. The Balaban J connectivity index is 0.00000192. The smallest absolute Gasteiger partial charge is 0.277 e. The number of nitrogens with one attached hydrogen (secondary N) is 2. The molecule has 23 heavy (non-hydrogen) atoms. The molecule has 1 amide bonds. The summed E-state index contributed by atoms with van der Waals surface area (Å²) in [7, 11) is 0. The minimum Gasteiger partial charge on any atom is -0.331 e. The second-order valence-electron chi connectivity index (χ2n) is 6.15. The summed E-state index contributed by atoms with van der Waals surface area (Å²) in [5, 5.41) is 10.0. The van der Waals surface area contributed by atoms with Crippen molar-refractivity contribution in [1.29, 1.82) is 0 Å². The molecule has 3 heterocycles. The fourth-order valence-electron chi connectivity index (χ4n) is 3.87. The molecular weight excluding hydrogens is 316 g/mol. The maximum absolute atomic E-state index is 13.1. The van der Waals surface area contributed by atoms with E-state index in [2.05, 4.69) is 15.5 Å². The first kappa shape index (κ1) is 17.9. The number of aryl methyl sites for hydroxylation is 1. The molecule has 2 atom stereocenters. The summed E-state index contributed by atoms with van der Waals surface area (Å²) in [5.74, 6) is -0.105. The lowest BCUT2D eigenvalue weighted by Gasteiger charge is -2.28. The Kier molecular flexibility index (Phi) is 5.81. The summed E-state index contributed by atoms with van der Waals surface area (Å²) in [4.78, 5) is 27.4. The van der Waals surface area contributed by atoms with E-state index in [-0.39, 0.29) is 36.0 Å². The van der Waals surface area contributed by atoms with E-state index in [4.69, 9.17) is 0 Å². The van der Waals surface area contributed by atoms with E-state index < -0.39 is 0 Å². The number of carbonyl (C=O) groups is 1. The molecule has 2 N–H and O–H groups in total. The summed E-state index contributed by atoms with van der Waals surface area (Å²) < 4.78 is 0. The number of hydrogen-bond donors (Lipinski definition) is 2. The zero-order chi connectivity index (χ0) is 15.7. The van der Waals surface area contributed by atoms with Gasteiger partial charge in [-0.2, -0.15) is 5.10 Å². The number of aromatic nitrogens is 2. The van der Waals surface area contributed by atoms with Crippen LogP contribution in [0.3, 0.4) is 0 Å². The minimum absolute atomic E-state index is 0. The van der Waals surface area contributed by atoms with E-state index in [1.807, 2.05) is 18.7 Å². The quantitative estimate of drug-likeness (QED) is 0.869. The van der Waals surface area contributed by atoms with Crippen LogP contribution in [-0.2, 0) is 12.8 Å². The first-order chi connectivity index (χ1) is 10.7. The van der Waals surface area contributed by atoms with Crippen molar-refractivity contribution in [3.8, 4) is 0 Å². The van der Waals surface area contributed by atoms with Crippen molar-refractivity contribution in [2.24, 2.45) is 0 Å². The van der Waals surface area contributed by atoms with E-state index in [1.165, 1.54) is 0 Å². The van der Waals surface area contributed by atoms with Crippen LogP contribution in [0, 0.1) is 0 Å². The maximum atomic E-state index is 13.1. The van der Waals surface area contributed by atoms with Gasteiger partial charge >= 0.3 is 0 Å². The molecule has 0 radical (unpaired) electrons. The number of carbonyl (C=O) groups excluding carboxylic acids is 1. The summed E-state index contributed by atoms with van der Waals surface area (Å²) in [6.07, 6.45) is 4.40. The molecule has 128 valence electrons. The average Bonchev–Trinajstić information content (AvgIpc) is 2.79. The van der Waals surface area contributed by atoms with Gasteiger partial charge in [0.15, 0.2) is 0 Å². The van der Waals surface area contributed by atoms with Crippen LogP contribution in [0.2, 0.25) is 0 Å². The highest BCUT2D eigenvalue weighted by molar-refractivity contribution is 5.96. The molecule has 2 saturated heterocycles. The Hall–Kier alpha value is -1.40. The van der Waals surface area contributed by atoms with Crippen LogP contribution in [0.4, 0.5) is 0 Å². The summed E-state index contributed by atoms with van der Waals surface area (Å²) in [5.41, 5.74) is 1.60. The Bertz CT molecular complexity index is 617. The topological polar surface area (TPSA) is 78.1 Å². The number of fused-ring (bicyclic) bond motifs is 2. The summed E-state index contributed by atoms with van der Waals surface area (Å²) in [6.45, 7) is 5.74. The molecule has 1 aromatic heterocycles. The third kappa shape index (κ3) is 3.15. The van der Waals surface area contributed by atoms with Gasteiger partial charge in [-0.25, -0.2) is 5.10 Å². The van der Waals surface area contributed by atoms with Gasteiger partial charge in [-0.3, -0.25) is 9.59 Å². The van der Waals surface area contributed by atoms with Crippen molar-refractivity contribution >= 4 is 18.3 Å². The summed E-state index contributed by atoms with van der Waals surface area (Å²) in [6, 6.07) is 0.470. The number of amides is 1. The molecule has 0 aliphatic carbocycles. The molecule has 0 spiro atoms. The second-order valence-corrected chi connectivity index (χ2v) is 6.15. The highest BCUT2D eigenvalue weighted by Gasteiger charge is 2.39. The zero-order valence-corrected chi connectivity index (χ0v) is 14.5. The fraction of sp³-hybridized carbons (Fsp3) is 0.688. The maximum Gasteiger partial charge on any atom is 0.277 e. The van der Waals surface area contributed by atoms with Gasteiger partial charge in [0, 0.05) is 18.6 Å². The molecule has 0 aromatic carbocycles. The molecule has 3 rings (SSSR count). The van der Waals surface area contributed by atoms with Gasteiger partial charge in [0.1, 0.15) is 5.56 Å². The Morgan fingerprint density at radius 3 is 2.65 bits per heavy atom. The average molecular weight is 341 g/mol. The lowest BCUT2D eigenvalue weighted by atomic mass is 10.0. The van der Waals surface area contributed by atoms with E-state index >= 15 is 0 Å². The van der Waals surface area contributed by atoms with Crippen molar-refractivity contribution in [2.45, 2.75) is 58.0 Å². The predicted octanol–water partition coefficient (Wildman–Crippen LogP) is 1.28. The van der Waals surface area contributed by atoms with Crippen molar-refractivity contribution in [1.82, 2.24) is 20.4 Å². The van der Waals surface area contributed by atoms with Gasteiger partial charge < -0.3 is 10.2 Å². The SMILES string of the molecule is CCc1n[nH]c(=O)c(C(=O)N2C3CCNCC2CC3)c1CC.Cl. The molecular formula is C16H25ClN4O2. The van der Waals surface area contributed by atoms with Gasteiger partial charge in [0.05, 0.1) is 5.69 Å². The first-order valence-electron chi connectivity index (χ1n) is 8.31. The Morgan fingerprint density at radius 1 is 1.22 bits per heavy atom. The van der Waals surface area contributed by atoms with E-state index in [1.54, 1.807) is 0 Å². The Labute approximate surface area is 142 Å². The van der Waals surface area contributed by atoms with Crippen LogP contribution in [0.25, 0.3) is 0 Å². The first-order valence-corrected chi connectivity index (χ1v) is 8.31. The van der Waals surface area contributed by atoms with E-state index in [9.17, 15) is 9.59 Å². The fourth-order valence-corrected chi connectivity index (χ4v) is 3.87. The molecule has 0 saturated carbocycles. The van der Waals surface area contributed by atoms with Crippen molar-refractivity contribution in [3.63, 3.8) is 0 Å². The number of nitrogens with zero attached hydrogens (tertiary/aromatic N) is 2. The summed E-state index contributed by atoms with van der Waals surface area (Å²) >= 11 is 0. The number of aromatic amines is 1. The van der Waals surface area contributed by atoms with Gasteiger partial charge in [0.25, 0.3) is 11.5 Å². The Morgan fingerprint density at radius 2 is 1.96 bits per heavy atom. The van der Waals surface area contributed by atoms with Crippen molar-refractivity contribution in [3.05, 3.63) is 27.2 Å². The van der Waals surface area contributed by atoms with Crippen LogP contribution >= 0.6 is 12.4 Å². The number of halogens is 1. The van der Waals surface area contributed by atoms with Crippen molar-refractivity contribution < 1.29 is 4.79 Å². The van der Waals surface area contributed by atoms with Gasteiger partial charge in [-0.1, -0.05) is 13.8 Å². The normalized spacial score (nSPS) is 23.3. The molecule has 6 nitrogen and oxygen atoms in total. The van der Waals surface area contributed by atoms with Gasteiger partial charge in [-0.15, -0.1) is 12.4 Å². The van der Waals surface area contributed by atoms with Crippen LogP contribution in [0.15, 0.2) is 4.79 Å². The van der Waals surface area contributed by atoms with Crippen LogP contribution in [-0.4, -0.2) is 46.2 Å². The third-order valence-electron chi connectivity index (χ3n) is 4.96. The number of hydrogen-bond acceptors (Lipinski definition) is 4. The lowest BCUT2D eigenvalue weighted by Crippen LogP contribution is -2.45. The standard InChI is InChI=1S/C16H24N4O2.ClH/c1-3-12-13(4-2)18-19-15(21)14(12)16(22)20-10-5-6-11(20)9-17-8-7-10;/h10-11,17H,3-9H2,1-2H3,(H,19,21);1H. The largest absolute Gasteiger partial charge is 0.331 e. The number of H-pyrrole nitrogens is 1. The minimum atomic E-state index is -0.351. The molecule has 1 aromatic rings.